The van der Waals surface area contributed by atoms with E-state index in [4.69, 9.17) is 0 Å². The van der Waals surface area contributed by atoms with Crippen LogP contribution in [0.5, 0.6) is 0 Å². The Kier molecular flexibility index (Phi) is 6.07. The Morgan fingerprint density at radius 2 is 1.30 bits per heavy atom. The number of aryl methyl sites for hydroxylation is 2. The van der Waals surface area contributed by atoms with Crippen LogP contribution in [0.4, 0.5) is 0 Å². The Bertz CT molecular complexity index is 944. The highest BCUT2D eigenvalue weighted by molar-refractivity contribution is 7.69. The molecule has 30 heavy (non-hydrogen) atoms. The molecule has 0 bridgehead atoms. The number of hydrogen-bond acceptors (Lipinski definition) is 0. The van der Waals surface area contributed by atoms with Crippen LogP contribution in [0.3, 0.4) is 0 Å². The lowest BCUT2D eigenvalue weighted by Gasteiger charge is -2.64. The molecule has 0 saturated carbocycles. The van der Waals surface area contributed by atoms with Crippen LogP contribution in [0.1, 0.15) is 42.5 Å². The SMILES string of the molecule is CC1=C(C)C[Si]([Si](C)(C)C)([Si](C)(C)C)C(c2ccccc2)(c2cc(C)ccc2C)C1. The summed E-state index contributed by atoms with van der Waals surface area (Å²) < 4.78 is 0. The molecule has 1 atom stereocenters. The van der Waals surface area contributed by atoms with E-state index in [0.717, 1.165) is 0 Å². The van der Waals surface area contributed by atoms with Crippen LogP contribution in [0, 0.1) is 13.8 Å². The maximum atomic E-state index is 2.72. The second-order valence-corrected chi connectivity index (χ2v) is 39.5. The Labute approximate surface area is 188 Å². The van der Waals surface area contributed by atoms with Gasteiger partial charge in [-0.15, -0.1) is 0 Å². The van der Waals surface area contributed by atoms with E-state index in [-0.39, 0.29) is 5.04 Å². The highest BCUT2D eigenvalue weighted by atomic mass is 29.6. The van der Waals surface area contributed by atoms with E-state index in [1.165, 1.54) is 23.6 Å². The molecule has 0 spiro atoms. The Hall–Kier alpha value is -1.17. The van der Waals surface area contributed by atoms with Gasteiger partial charge in [-0.2, -0.15) is 0 Å². The first kappa shape index (κ1) is 23.5. The van der Waals surface area contributed by atoms with E-state index < -0.39 is 22.3 Å². The van der Waals surface area contributed by atoms with E-state index >= 15 is 0 Å². The minimum absolute atomic E-state index is 0.183. The van der Waals surface area contributed by atoms with Crippen molar-refractivity contribution in [1.82, 2.24) is 0 Å². The minimum atomic E-state index is -1.79. The van der Waals surface area contributed by atoms with Crippen molar-refractivity contribution in [3.05, 3.63) is 81.9 Å². The molecule has 2 aromatic rings. The Morgan fingerprint density at radius 1 is 0.733 bits per heavy atom. The van der Waals surface area contributed by atoms with Gasteiger partial charge in [-0.3, -0.25) is 0 Å². The van der Waals surface area contributed by atoms with Gasteiger partial charge in [-0.1, -0.05) is 105 Å². The summed E-state index contributed by atoms with van der Waals surface area (Å²) in [6, 6.07) is 20.4. The molecule has 0 aliphatic carbocycles. The topological polar surface area (TPSA) is 0 Å². The number of hydrogen-bond donors (Lipinski definition) is 0. The number of benzene rings is 2. The second-order valence-electron chi connectivity index (χ2n) is 11.9. The van der Waals surface area contributed by atoms with Crippen LogP contribution in [-0.4, -0.2) is 22.3 Å². The molecule has 2 aromatic carbocycles. The van der Waals surface area contributed by atoms with Gasteiger partial charge in [-0.25, -0.2) is 0 Å². The lowest BCUT2D eigenvalue weighted by atomic mass is 9.81. The van der Waals surface area contributed by atoms with Gasteiger partial charge in [0.25, 0.3) is 0 Å². The summed E-state index contributed by atoms with van der Waals surface area (Å²) >= 11 is 0. The van der Waals surface area contributed by atoms with Crippen LogP contribution in [0.2, 0.25) is 45.3 Å². The molecule has 0 amide bonds. The molecule has 0 aromatic heterocycles. The predicted molar refractivity (Wildman–Crippen MR) is 143 cm³/mol. The summed E-state index contributed by atoms with van der Waals surface area (Å²) in [6.45, 7) is 25.8. The van der Waals surface area contributed by atoms with Crippen molar-refractivity contribution < 1.29 is 0 Å². The van der Waals surface area contributed by atoms with Crippen molar-refractivity contribution in [1.29, 1.82) is 0 Å². The molecule has 0 fully saturated rings. The summed E-state index contributed by atoms with van der Waals surface area (Å²) in [4.78, 5) is 0. The largest absolute Gasteiger partial charge is 0.0774 e. The molecule has 1 aliphatic heterocycles. The first-order chi connectivity index (χ1) is 13.8. The van der Waals surface area contributed by atoms with E-state index in [0.29, 0.717) is 0 Å². The molecule has 3 rings (SSSR count). The molecule has 1 heterocycles. The fourth-order valence-corrected chi connectivity index (χ4v) is 58.0. The molecule has 0 N–H and O–H groups in total. The summed E-state index contributed by atoms with van der Waals surface area (Å²) in [5.74, 6) is 0. The number of allylic oxidation sites excluding steroid dienone is 2. The summed E-state index contributed by atoms with van der Waals surface area (Å²) in [5.41, 5.74) is 9.50. The van der Waals surface area contributed by atoms with Crippen molar-refractivity contribution in [3.8, 4) is 0 Å². The zero-order chi connectivity index (χ0) is 22.5. The Balaban J connectivity index is 2.61. The normalized spacial score (nSPS) is 22.3. The predicted octanol–water partition coefficient (Wildman–Crippen LogP) is 8.15. The van der Waals surface area contributed by atoms with Gasteiger partial charge in [0.1, 0.15) is 0 Å². The smallest absolute Gasteiger partial charge is 0.0631 e. The summed E-state index contributed by atoms with van der Waals surface area (Å²) in [6.07, 6.45) is 1.22. The van der Waals surface area contributed by atoms with Gasteiger partial charge in [0.05, 0.1) is 7.11 Å². The summed E-state index contributed by atoms with van der Waals surface area (Å²) in [7, 11) is -4.76. The van der Waals surface area contributed by atoms with Crippen LogP contribution in [0.25, 0.3) is 0 Å². The van der Waals surface area contributed by atoms with Gasteiger partial charge in [0.15, 0.2) is 0 Å². The van der Waals surface area contributed by atoms with E-state index in [9.17, 15) is 0 Å². The van der Waals surface area contributed by atoms with Gasteiger partial charge in [-0.05, 0) is 56.9 Å². The highest BCUT2D eigenvalue weighted by Crippen LogP contribution is 2.58. The highest BCUT2D eigenvalue weighted by Gasteiger charge is 2.68. The molecule has 162 valence electrons. The zero-order valence-electron chi connectivity index (χ0n) is 21.0. The molecule has 1 aliphatic rings. The first-order valence-corrected chi connectivity index (χ1v) is 22.8. The van der Waals surface area contributed by atoms with Crippen molar-refractivity contribution in [3.63, 3.8) is 0 Å². The molecule has 0 saturated heterocycles. The molecular formula is C27H42Si3. The molecule has 0 radical (unpaired) electrons. The third-order valence-corrected chi connectivity index (χ3v) is 49.1. The fraction of sp³-hybridized carbons (Fsp3) is 0.481. The molecule has 0 nitrogen and oxygen atoms in total. The molecule has 1 unspecified atom stereocenters. The van der Waals surface area contributed by atoms with Crippen LogP contribution < -0.4 is 0 Å². The maximum absolute atomic E-state index is 2.72. The summed E-state index contributed by atoms with van der Waals surface area (Å²) in [5, 5.41) is 0.183. The monoisotopic (exact) mass is 450 g/mol. The van der Waals surface area contributed by atoms with Gasteiger partial charge < -0.3 is 0 Å². The number of rotatable bonds is 4. The minimum Gasteiger partial charge on any atom is -0.0774 e. The van der Waals surface area contributed by atoms with Gasteiger partial charge in [0.2, 0.25) is 0 Å². The average Bonchev–Trinajstić information content (AvgIpc) is 2.64. The van der Waals surface area contributed by atoms with Crippen molar-refractivity contribution >= 4 is 22.3 Å². The van der Waals surface area contributed by atoms with Crippen LogP contribution in [-0.2, 0) is 5.04 Å². The molecule has 3 heteroatoms. The second kappa shape index (κ2) is 7.75. The first-order valence-electron chi connectivity index (χ1n) is 11.6. The van der Waals surface area contributed by atoms with E-state index in [1.54, 1.807) is 22.3 Å². The van der Waals surface area contributed by atoms with E-state index in [2.05, 4.69) is 116 Å². The lowest BCUT2D eigenvalue weighted by molar-refractivity contribution is 0.660. The van der Waals surface area contributed by atoms with Crippen molar-refractivity contribution in [2.75, 3.05) is 0 Å². The quantitative estimate of drug-likeness (QED) is 0.325. The average molecular weight is 451 g/mol. The zero-order valence-corrected chi connectivity index (χ0v) is 24.0. The van der Waals surface area contributed by atoms with Gasteiger partial charge in [0, 0.05) is 20.2 Å². The third-order valence-electron chi connectivity index (χ3n) is 8.20. The molecular weight excluding hydrogens is 409 g/mol. The van der Waals surface area contributed by atoms with Crippen LogP contribution >= 0.6 is 0 Å². The van der Waals surface area contributed by atoms with Crippen molar-refractivity contribution in [2.24, 2.45) is 0 Å². The van der Waals surface area contributed by atoms with E-state index in [1.807, 2.05) is 0 Å². The van der Waals surface area contributed by atoms with Crippen LogP contribution in [0.15, 0.2) is 59.7 Å². The Morgan fingerprint density at radius 3 is 1.83 bits per heavy atom. The maximum Gasteiger partial charge on any atom is 0.0631 e. The van der Waals surface area contributed by atoms with Crippen molar-refractivity contribution in [2.45, 2.75) is 84.5 Å². The standard InChI is InChI=1S/C27H42Si3/c1-21-16-17-22(2)26(18-21)27(25-14-12-11-13-15-25)19-23(3)24(4)20-30(27,28(5,6)7)29(8,9)10/h11-18H,19-20H2,1-10H3. The lowest BCUT2D eigenvalue weighted by Crippen LogP contribution is -2.82. The van der Waals surface area contributed by atoms with Gasteiger partial charge >= 0.3 is 0 Å². The third kappa shape index (κ3) is 3.37. The fourth-order valence-electron chi connectivity index (χ4n) is 7.08.